The Labute approximate surface area is 120 Å². The molecule has 0 aromatic heterocycles. The normalized spacial score (nSPS) is 19.1. The number of ether oxygens (including phenoxy) is 1. The van der Waals surface area contributed by atoms with E-state index in [4.69, 9.17) is 4.74 Å². The van der Waals surface area contributed by atoms with Crippen molar-refractivity contribution in [2.75, 3.05) is 25.0 Å². The molecule has 2 rings (SSSR count). The largest absolute Gasteiger partial charge is 0.375 e. The second-order valence-corrected chi connectivity index (χ2v) is 5.36. The molecule has 1 fully saturated rings. The standard InChI is InChI=1S/C13H16F2N2O2S/c14-13(15)20-11-4-2-1-3-10(11)17-12(18)7-9-8-16-5-6-19-9/h1-4,9,13,16H,5-8H2,(H,17,18). The van der Waals surface area contributed by atoms with Gasteiger partial charge in [-0.05, 0) is 12.1 Å². The third-order valence-corrected chi connectivity index (χ3v) is 3.58. The highest BCUT2D eigenvalue weighted by Gasteiger charge is 2.18. The summed E-state index contributed by atoms with van der Waals surface area (Å²) in [5.74, 6) is -2.75. The van der Waals surface area contributed by atoms with Gasteiger partial charge >= 0.3 is 0 Å². The molecule has 0 bridgehead atoms. The fourth-order valence-corrected chi connectivity index (χ4v) is 2.52. The quantitative estimate of drug-likeness (QED) is 0.820. The van der Waals surface area contributed by atoms with Crippen molar-refractivity contribution in [3.63, 3.8) is 0 Å². The second-order valence-electron chi connectivity index (χ2n) is 4.32. The Bertz CT molecular complexity index is 454. The molecule has 7 heteroatoms. The number of morpholine rings is 1. The van der Waals surface area contributed by atoms with Crippen LogP contribution in [0, 0.1) is 0 Å². The van der Waals surface area contributed by atoms with Crippen molar-refractivity contribution in [2.45, 2.75) is 23.2 Å². The van der Waals surface area contributed by atoms with Crippen molar-refractivity contribution >= 4 is 23.4 Å². The molecule has 0 aliphatic carbocycles. The van der Waals surface area contributed by atoms with Gasteiger partial charge in [0.15, 0.2) is 0 Å². The van der Waals surface area contributed by atoms with Crippen LogP contribution in [0.5, 0.6) is 0 Å². The Balaban J connectivity index is 1.93. The van der Waals surface area contributed by atoms with Crippen LogP contribution in [0.25, 0.3) is 0 Å². The van der Waals surface area contributed by atoms with Crippen LogP contribution < -0.4 is 10.6 Å². The van der Waals surface area contributed by atoms with Crippen molar-refractivity contribution in [3.05, 3.63) is 24.3 Å². The van der Waals surface area contributed by atoms with Crippen LogP contribution in [0.3, 0.4) is 0 Å². The van der Waals surface area contributed by atoms with Crippen LogP contribution in [0.1, 0.15) is 6.42 Å². The first kappa shape index (κ1) is 15.2. The maximum Gasteiger partial charge on any atom is 0.288 e. The summed E-state index contributed by atoms with van der Waals surface area (Å²) in [6.07, 6.45) is 0.0411. The molecule has 1 aromatic rings. The van der Waals surface area contributed by atoms with E-state index in [-0.39, 0.29) is 18.4 Å². The van der Waals surface area contributed by atoms with Crippen molar-refractivity contribution in [1.82, 2.24) is 5.32 Å². The molecule has 1 aliphatic heterocycles. The molecule has 4 nitrogen and oxygen atoms in total. The summed E-state index contributed by atoms with van der Waals surface area (Å²) in [7, 11) is 0. The third kappa shape index (κ3) is 4.73. The molecular formula is C13H16F2N2O2S. The minimum atomic E-state index is -2.51. The van der Waals surface area contributed by atoms with E-state index in [0.29, 0.717) is 35.5 Å². The first-order valence-electron chi connectivity index (χ1n) is 6.31. The molecule has 20 heavy (non-hydrogen) atoms. The lowest BCUT2D eigenvalue weighted by Crippen LogP contribution is -2.40. The molecule has 0 spiro atoms. The van der Waals surface area contributed by atoms with Gasteiger partial charge in [-0.25, -0.2) is 0 Å². The Hall–Kier alpha value is -1.18. The number of hydrogen-bond donors (Lipinski definition) is 2. The van der Waals surface area contributed by atoms with E-state index < -0.39 is 5.76 Å². The van der Waals surface area contributed by atoms with Crippen molar-refractivity contribution in [2.24, 2.45) is 0 Å². The average molecular weight is 302 g/mol. The number of thioether (sulfide) groups is 1. The summed E-state index contributed by atoms with van der Waals surface area (Å²) in [4.78, 5) is 12.3. The lowest BCUT2D eigenvalue weighted by atomic mass is 10.2. The number of alkyl halides is 2. The Morgan fingerprint density at radius 3 is 3.00 bits per heavy atom. The molecule has 1 atom stereocenters. The molecule has 0 radical (unpaired) electrons. The van der Waals surface area contributed by atoms with E-state index in [1.54, 1.807) is 24.3 Å². The maximum atomic E-state index is 12.4. The molecule has 1 saturated heterocycles. The summed E-state index contributed by atoms with van der Waals surface area (Å²) in [6.45, 7) is 1.99. The third-order valence-electron chi connectivity index (χ3n) is 2.79. The number of amides is 1. The molecule has 2 N–H and O–H groups in total. The maximum absolute atomic E-state index is 12.4. The smallest absolute Gasteiger partial charge is 0.288 e. The molecule has 1 heterocycles. The zero-order valence-electron chi connectivity index (χ0n) is 10.8. The predicted octanol–water partition coefficient (Wildman–Crippen LogP) is 2.32. The molecular weight excluding hydrogens is 286 g/mol. The fraction of sp³-hybridized carbons (Fsp3) is 0.462. The number of rotatable bonds is 5. The predicted molar refractivity (Wildman–Crippen MR) is 74.2 cm³/mol. The summed E-state index contributed by atoms with van der Waals surface area (Å²) >= 11 is 0.421. The van der Waals surface area contributed by atoms with Crippen molar-refractivity contribution in [1.29, 1.82) is 0 Å². The van der Waals surface area contributed by atoms with Gasteiger partial charge in [0.05, 0.1) is 24.8 Å². The molecule has 110 valence electrons. The number of carbonyl (C=O) groups is 1. The van der Waals surface area contributed by atoms with Crippen LogP contribution in [0.2, 0.25) is 0 Å². The number of benzene rings is 1. The van der Waals surface area contributed by atoms with E-state index in [0.717, 1.165) is 6.54 Å². The van der Waals surface area contributed by atoms with Gasteiger partial charge in [0.2, 0.25) is 5.91 Å². The monoisotopic (exact) mass is 302 g/mol. The summed E-state index contributed by atoms with van der Waals surface area (Å²) in [6, 6.07) is 6.53. The number of carbonyl (C=O) groups excluding carboxylic acids is 1. The van der Waals surface area contributed by atoms with Crippen LogP contribution in [-0.4, -0.2) is 37.5 Å². The lowest BCUT2D eigenvalue weighted by Gasteiger charge is -2.23. The fourth-order valence-electron chi connectivity index (χ4n) is 1.93. The van der Waals surface area contributed by atoms with Crippen LogP contribution in [0.4, 0.5) is 14.5 Å². The minimum absolute atomic E-state index is 0.168. The van der Waals surface area contributed by atoms with E-state index in [1.165, 1.54) is 0 Å². The van der Waals surface area contributed by atoms with Crippen LogP contribution in [0.15, 0.2) is 29.2 Å². The SMILES string of the molecule is O=C(CC1CNCCO1)Nc1ccccc1SC(F)F. The number of halogens is 2. The van der Waals surface area contributed by atoms with Gasteiger partial charge in [-0.1, -0.05) is 23.9 Å². The first-order chi connectivity index (χ1) is 9.65. The van der Waals surface area contributed by atoms with Crippen LogP contribution in [-0.2, 0) is 9.53 Å². The van der Waals surface area contributed by atoms with Gasteiger partial charge in [-0.15, -0.1) is 0 Å². The van der Waals surface area contributed by atoms with Gasteiger partial charge in [0.1, 0.15) is 0 Å². The van der Waals surface area contributed by atoms with Gasteiger partial charge < -0.3 is 15.4 Å². The van der Waals surface area contributed by atoms with Crippen molar-refractivity contribution in [3.8, 4) is 0 Å². The second kappa shape index (κ2) is 7.56. The number of nitrogens with one attached hydrogen (secondary N) is 2. The number of para-hydroxylation sites is 1. The molecule has 0 saturated carbocycles. The number of anilines is 1. The van der Waals surface area contributed by atoms with E-state index in [1.807, 2.05) is 0 Å². The zero-order chi connectivity index (χ0) is 14.4. The first-order valence-corrected chi connectivity index (χ1v) is 7.19. The topological polar surface area (TPSA) is 50.4 Å². The van der Waals surface area contributed by atoms with Crippen molar-refractivity contribution < 1.29 is 18.3 Å². The van der Waals surface area contributed by atoms with Gasteiger partial charge in [0, 0.05) is 18.0 Å². The Morgan fingerprint density at radius 2 is 2.30 bits per heavy atom. The van der Waals surface area contributed by atoms with Gasteiger partial charge in [-0.2, -0.15) is 8.78 Å². The number of hydrogen-bond acceptors (Lipinski definition) is 4. The van der Waals surface area contributed by atoms with Gasteiger partial charge in [0.25, 0.3) is 5.76 Å². The molecule has 1 amide bonds. The van der Waals surface area contributed by atoms with E-state index >= 15 is 0 Å². The summed E-state index contributed by atoms with van der Waals surface area (Å²) in [5.41, 5.74) is 0.409. The summed E-state index contributed by atoms with van der Waals surface area (Å²) < 4.78 is 30.3. The highest BCUT2D eigenvalue weighted by Crippen LogP contribution is 2.31. The Kier molecular flexibility index (Phi) is 5.75. The lowest BCUT2D eigenvalue weighted by molar-refractivity contribution is -0.119. The zero-order valence-corrected chi connectivity index (χ0v) is 11.6. The highest BCUT2D eigenvalue weighted by atomic mass is 32.2. The molecule has 1 aliphatic rings. The van der Waals surface area contributed by atoms with Crippen LogP contribution >= 0.6 is 11.8 Å². The summed E-state index contributed by atoms with van der Waals surface area (Å²) in [5, 5.41) is 5.80. The minimum Gasteiger partial charge on any atom is -0.375 e. The molecule has 1 unspecified atom stereocenters. The van der Waals surface area contributed by atoms with E-state index in [9.17, 15) is 13.6 Å². The van der Waals surface area contributed by atoms with E-state index in [2.05, 4.69) is 10.6 Å². The van der Waals surface area contributed by atoms with Gasteiger partial charge in [-0.3, -0.25) is 4.79 Å². The average Bonchev–Trinajstić information content (AvgIpc) is 2.41. The molecule has 1 aromatic carbocycles. The highest BCUT2D eigenvalue weighted by molar-refractivity contribution is 7.99. The Morgan fingerprint density at radius 1 is 1.50 bits per heavy atom.